The molecule has 11 heteroatoms. The summed E-state index contributed by atoms with van der Waals surface area (Å²) in [7, 11) is -4.07. The Bertz CT molecular complexity index is 1450. The summed E-state index contributed by atoms with van der Waals surface area (Å²) in [5.41, 5.74) is 2.64. The highest BCUT2D eigenvalue weighted by Gasteiger charge is 2.27. The van der Waals surface area contributed by atoms with E-state index in [-0.39, 0.29) is 51.8 Å². The van der Waals surface area contributed by atoms with Gasteiger partial charge in [0.2, 0.25) is 21.8 Å². The minimum Gasteiger partial charge on any atom is -0.476 e. The predicted octanol–water partition coefficient (Wildman–Crippen LogP) is 4.71. The van der Waals surface area contributed by atoms with Crippen molar-refractivity contribution in [3.8, 4) is 17.3 Å². The number of sulfonamides is 1. The summed E-state index contributed by atoms with van der Waals surface area (Å²) in [4.78, 5) is 23.6. The Morgan fingerprint density at radius 3 is 2.43 bits per heavy atom. The van der Waals surface area contributed by atoms with Crippen LogP contribution in [0.1, 0.15) is 60.8 Å². The van der Waals surface area contributed by atoms with E-state index in [4.69, 9.17) is 4.74 Å². The van der Waals surface area contributed by atoms with Crippen molar-refractivity contribution in [2.75, 3.05) is 5.32 Å². The molecule has 1 unspecified atom stereocenters. The number of aromatic nitrogens is 2. The molecule has 1 atom stereocenters. The first kappa shape index (κ1) is 27.9. The Kier molecular flexibility index (Phi) is 8.39. The number of ether oxygens (including phenoxy) is 1. The maximum atomic E-state index is 13.4. The van der Waals surface area contributed by atoms with Crippen molar-refractivity contribution in [2.45, 2.75) is 65.3 Å². The number of hydrogen-bond donors (Lipinski definition) is 3. The van der Waals surface area contributed by atoms with Gasteiger partial charge in [0.25, 0.3) is 0 Å². The molecule has 0 saturated carbocycles. The molecule has 0 aliphatic rings. The number of nitrogens with zero attached hydrogens (tertiary/aromatic N) is 2. The third-order valence-corrected chi connectivity index (χ3v) is 7.49. The van der Waals surface area contributed by atoms with Crippen LogP contribution in [0.4, 0.5) is 5.69 Å². The van der Waals surface area contributed by atoms with Crippen LogP contribution in [0.25, 0.3) is 5.69 Å². The molecule has 0 radical (unpaired) electrons. The second kappa shape index (κ2) is 11.1. The lowest BCUT2D eigenvalue weighted by atomic mass is 10.1. The van der Waals surface area contributed by atoms with Crippen molar-refractivity contribution in [1.82, 2.24) is 14.5 Å². The Labute approximate surface area is 216 Å². The van der Waals surface area contributed by atoms with E-state index in [9.17, 15) is 23.1 Å². The molecule has 0 fully saturated rings. The van der Waals surface area contributed by atoms with Crippen molar-refractivity contribution in [1.29, 1.82) is 0 Å². The molecule has 0 aliphatic heterocycles. The van der Waals surface area contributed by atoms with Crippen LogP contribution in [0.15, 0.2) is 41.3 Å². The van der Waals surface area contributed by atoms with Gasteiger partial charge in [-0.3, -0.25) is 4.79 Å². The number of aryl methyl sites for hydroxylation is 2. The standard InChI is InChI=1S/C26H32N4O6S/c1-7-17(5)29-37(34,35)22-14-19(27-23(31)8-2)11-12-21(22)36-25-18(6)24(26(32)33)28-30(25)20-13-15(3)9-10-16(20)4/h9-14,17,29H,7-8H2,1-6H3,(H,27,31)(H,32,33). The molecule has 37 heavy (non-hydrogen) atoms. The number of amides is 1. The van der Waals surface area contributed by atoms with Crippen LogP contribution in [0.3, 0.4) is 0 Å². The number of nitrogens with one attached hydrogen (secondary N) is 2. The zero-order chi connectivity index (χ0) is 27.5. The average Bonchev–Trinajstić information content (AvgIpc) is 3.16. The highest BCUT2D eigenvalue weighted by molar-refractivity contribution is 7.89. The van der Waals surface area contributed by atoms with Crippen molar-refractivity contribution in [3.05, 3.63) is 58.8 Å². The second-order valence-corrected chi connectivity index (χ2v) is 10.6. The van der Waals surface area contributed by atoms with Crippen LogP contribution in [0, 0.1) is 20.8 Å². The fraction of sp³-hybridized carbons (Fsp3) is 0.346. The van der Waals surface area contributed by atoms with Gasteiger partial charge in [-0.1, -0.05) is 26.0 Å². The third kappa shape index (κ3) is 6.17. The molecule has 10 nitrogen and oxygen atoms in total. The Morgan fingerprint density at radius 1 is 1.11 bits per heavy atom. The van der Waals surface area contributed by atoms with Crippen LogP contribution in [0.5, 0.6) is 11.6 Å². The molecule has 0 spiro atoms. The smallest absolute Gasteiger partial charge is 0.356 e. The summed E-state index contributed by atoms with van der Waals surface area (Å²) >= 11 is 0. The molecule has 2 aromatic carbocycles. The third-order valence-electron chi connectivity index (χ3n) is 5.88. The van der Waals surface area contributed by atoms with E-state index in [1.807, 2.05) is 39.0 Å². The zero-order valence-electron chi connectivity index (χ0n) is 21.7. The normalized spacial score (nSPS) is 12.3. The number of carbonyl (C=O) groups is 2. The lowest BCUT2D eigenvalue weighted by Gasteiger charge is -2.18. The van der Waals surface area contributed by atoms with E-state index in [1.54, 1.807) is 20.8 Å². The second-order valence-electron chi connectivity index (χ2n) is 8.88. The summed E-state index contributed by atoms with van der Waals surface area (Å²) in [5, 5.41) is 16.6. The van der Waals surface area contributed by atoms with Gasteiger partial charge in [-0.15, -0.1) is 0 Å². The maximum Gasteiger partial charge on any atom is 0.356 e. The predicted molar refractivity (Wildman–Crippen MR) is 140 cm³/mol. The summed E-state index contributed by atoms with van der Waals surface area (Å²) in [6.45, 7) is 10.6. The largest absolute Gasteiger partial charge is 0.476 e. The van der Waals surface area contributed by atoms with Gasteiger partial charge in [0.15, 0.2) is 5.69 Å². The highest BCUT2D eigenvalue weighted by Crippen LogP contribution is 2.36. The van der Waals surface area contributed by atoms with Crippen molar-refractivity contribution in [3.63, 3.8) is 0 Å². The van der Waals surface area contributed by atoms with E-state index in [1.165, 1.54) is 22.9 Å². The van der Waals surface area contributed by atoms with Crippen molar-refractivity contribution in [2.24, 2.45) is 0 Å². The summed E-state index contributed by atoms with van der Waals surface area (Å²) in [6, 6.07) is 9.55. The molecule has 0 bridgehead atoms. The van der Waals surface area contributed by atoms with Crippen molar-refractivity contribution >= 4 is 27.6 Å². The van der Waals surface area contributed by atoms with Crippen LogP contribution in [-0.2, 0) is 14.8 Å². The first-order valence-electron chi connectivity index (χ1n) is 11.9. The monoisotopic (exact) mass is 528 g/mol. The molecule has 1 aromatic heterocycles. The number of hydrogen-bond acceptors (Lipinski definition) is 6. The van der Waals surface area contributed by atoms with Gasteiger partial charge in [-0.25, -0.2) is 17.9 Å². The fourth-order valence-corrected chi connectivity index (χ4v) is 5.04. The molecule has 3 rings (SSSR count). The highest BCUT2D eigenvalue weighted by atomic mass is 32.2. The minimum atomic E-state index is -4.07. The molecule has 3 aromatic rings. The number of aromatic carboxylic acids is 1. The van der Waals surface area contributed by atoms with E-state index in [2.05, 4.69) is 15.1 Å². The molecule has 3 N–H and O–H groups in total. The van der Waals surface area contributed by atoms with E-state index in [0.29, 0.717) is 12.1 Å². The first-order chi connectivity index (χ1) is 17.4. The molecule has 1 heterocycles. The van der Waals surface area contributed by atoms with Crippen LogP contribution in [-0.4, -0.2) is 41.2 Å². The number of rotatable bonds is 10. The zero-order valence-corrected chi connectivity index (χ0v) is 22.6. The molecular weight excluding hydrogens is 496 g/mol. The van der Waals surface area contributed by atoms with Gasteiger partial charge < -0.3 is 15.2 Å². The molecule has 1 amide bonds. The quantitative estimate of drug-likeness (QED) is 0.346. The SMILES string of the molecule is CCC(=O)Nc1ccc(Oc2c(C)c(C(=O)O)nn2-c2cc(C)ccc2C)c(S(=O)(=O)NC(C)CC)c1. The Hall–Kier alpha value is -3.70. The number of benzene rings is 2. The van der Waals surface area contributed by atoms with Crippen LogP contribution in [0.2, 0.25) is 0 Å². The van der Waals surface area contributed by atoms with Crippen LogP contribution >= 0.6 is 0 Å². The van der Waals surface area contributed by atoms with E-state index in [0.717, 1.165) is 11.1 Å². The van der Waals surface area contributed by atoms with Gasteiger partial charge in [0.1, 0.15) is 10.6 Å². The summed E-state index contributed by atoms with van der Waals surface area (Å²) in [5.74, 6) is -1.50. The molecule has 0 saturated heterocycles. The summed E-state index contributed by atoms with van der Waals surface area (Å²) < 4.78 is 36.8. The van der Waals surface area contributed by atoms with Gasteiger partial charge in [-0.2, -0.15) is 9.78 Å². The summed E-state index contributed by atoms with van der Waals surface area (Å²) in [6.07, 6.45) is 0.778. The number of carboxylic acid groups (broad SMARTS) is 1. The minimum absolute atomic E-state index is 0.0446. The number of carbonyl (C=O) groups excluding carboxylic acids is 1. The maximum absolute atomic E-state index is 13.4. The Balaban J connectivity index is 2.22. The Morgan fingerprint density at radius 2 is 1.81 bits per heavy atom. The molecule has 198 valence electrons. The average molecular weight is 529 g/mol. The van der Waals surface area contributed by atoms with Crippen molar-refractivity contribution < 1.29 is 27.9 Å². The number of carboxylic acids is 1. The van der Waals surface area contributed by atoms with E-state index >= 15 is 0 Å². The van der Waals surface area contributed by atoms with Gasteiger partial charge in [0.05, 0.1) is 5.69 Å². The first-order valence-corrected chi connectivity index (χ1v) is 13.4. The van der Waals surface area contributed by atoms with Gasteiger partial charge in [0, 0.05) is 23.7 Å². The molecule has 0 aliphatic carbocycles. The lowest BCUT2D eigenvalue weighted by Crippen LogP contribution is -2.32. The number of anilines is 1. The van der Waals surface area contributed by atoms with E-state index < -0.39 is 16.0 Å². The van der Waals surface area contributed by atoms with Crippen LogP contribution < -0.4 is 14.8 Å². The van der Waals surface area contributed by atoms with Gasteiger partial charge >= 0.3 is 5.97 Å². The topological polar surface area (TPSA) is 140 Å². The molecular formula is C26H32N4O6S. The van der Waals surface area contributed by atoms with Gasteiger partial charge in [-0.05, 0) is 69.5 Å². The lowest BCUT2D eigenvalue weighted by molar-refractivity contribution is -0.115. The fourth-order valence-electron chi connectivity index (χ4n) is 3.56.